The maximum atomic E-state index is 11.5. The van der Waals surface area contributed by atoms with Crippen LogP contribution >= 0.6 is 0 Å². The molecule has 108 valence electrons. The van der Waals surface area contributed by atoms with Gasteiger partial charge in [-0.05, 0) is 25.0 Å². The van der Waals surface area contributed by atoms with E-state index in [9.17, 15) is 20.0 Å². The van der Waals surface area contributed by atoms with Gasteiger partial charge in [0.2, 0.25) is 0 Å². The Labute approximate surface area is 116 Å². The lowest BCUT2D eigenvalue weighted by molar-refractivity contribution is -0.384. The molecule has 2 N–H and O–H groups in total. The van der Waals surface area contributed by atoms with Crippen LogP contribution in [0.1, 0.15) is 23.2 Å². The number of anilines is 1. The highest BCUT2D eigenvalue weighted by molar-refractivity contribution is 5.95. The molecule has 1 fully saturated rings. The summed E-state index contributed by atoms with van der Waals surface area (Å²) in [4.78, 5) is 24.1. The van der Waals surface area contributed by atoms with Gasteiger partial charge in [0, 0.05) is 31.8 Å². The standard InChI is InChI=1S/C13H17N3O4/c1-14-13(18)9-2-3-11(12(8-9)16(19)20)15-6-4-10(17)5-7-15/h2-3,8,10,17H,4-7H2,1H3,(H,14,18). The van der Waals surface area contributed by atoms with Crippen LogP contribution in [0.4, 0.5) is 11.4 Å². The zero-order valence-electron chi connectivity index (χ0n) is 11.2. The summed E-state index contributed by atoms with van der Waals surface area (Å²) in [6.45, 7) is 1.14. The van der Waals surface area contributed by atoms with Gasteiger partial charge in [-0.2, -0.15) is 0 Å². The molecule has 7 heteroatoms. The van der Waals surface area contributed by atoms with E-state index in [4.69, 9.17) is 0 Å². The normalized spacial score (nSPS) is 16.0. The minimum absolute atomic E-state index is 0.0810. The van der Waals surface area contributed by atoms with E-state index in [2.05, 4.69) is 5.32 Å². The van der Waals surface area contributed by atoms with Gasteiger partial charge in [0.25, 0.3) is 11.6 Å². The molecule has 0 aromatic heterocycles. The van der Waals surface area contributed by atoms with Gasteiger partial charge in [0.05, 0.1) is 11.0 Å². The second-order valence-corrected chi connectivity index (χ2v) is 4.76. The van der Waals surface area contributed by atoms with Crippen LogP contribution < -0.4 is 10.2 Å². The van der Waals surface area contributed by atoms with Crippen molar-refractivity contribution in [2.45, 2.75) is 18.9 Å². The van der Waals surface area contributed by atoms with Crippen LogP contribution in [0, 0.1) is 10.1 Å². The lowest BCUT2D eigenvalue weighted by Gasteiger charge is -2.31. The largest absolute Gasteiger partial charge is 0.393 e. The number of nitrogens with one attached hydrogen (secondary N) is 1. The number of hydrogen-bond acceptors (Lipinski definition) is 5. The molecule has 0 bridgehead atoms. The Hall–Kier alpha value is -2.15. The summed E-state index contributed by atoms with van der Waals surface area (Å²) in [7, 11) is 1.48. The smallest absolute Gasteiger partial charge is 0.293 e. The molecule has 7 nitrogen and oxygen atoms in total. The van der Waals surface area contributed by atoms with Crippen LogP contribution in [0.25, 0.3) is 0 Å². The Morgan fingerprint density at radius 2 is 2.10 bits per heavy atom. The first-order chi connectivity index (χ1) is 9.52. The van der Waals surface area contributed by atoms with Gasteiger partial charge in [-0.3, -0.25) is 14.9 Å². The third kappa shape index (κ3) is 2.88. The third-order valence-corrected chi connectivity index (χ3v) is 3.47. The van der Waals surface area contributed by atoms with Crippen molar-refractivity contribution in [3.63, 3.8) is 0 Å². The molecule has 0 unspecified atom stereocenters. The van der Waals surface area contributed by atoms with Gasteiger partial charge in [0.1, 0.15) is 5.69 Å². The van der Waals surface area contributed by atoms with Crippen molar-refractivity contribution in [2.75, 3.05) is 25.0 Å². The van der Waals surface area contributed by atoms with Crippen molar-refractivity contribution in [3.05, 3.63) is 33.9 Å². The fraction of sp³-hybridized carbons (Fsp3) is 0.462. The molecule has 1 aliphatic heterocycles. The highest BCUT2D eigenvalue weighted by atomic mass is 16.6. The zero-order chi connectivity index (χ0) is 14.7. The summed E-state index contributed by atoms with van der Waals surface area (Å²) in [5.41, 5.74) is 0.678. The van der Waals surface area contributed by atoms with Crippen LogP contribution in [0.15, 0.2) is 18.2 Å². The lowest BCUT2D eigenvalue weighted by Crippen LogP contribution is -2.36. The van der Waals surface area contributed by atoms with E-state index in [0.29, 0.717) is 31.6 Å². The van der Waals surface area contributed by atoms with E-state index in [1.165, 1.54) is 13.1 Å². The summed E-state index contributed by atoms with van der Waals surface area (Å²) in [6, 6.07) is 4.46. The molecule has 1 saturated heterocycles. The zero-order valence-corrected chi connectivity index (χ0v) is 11.2. The molecule has 1 aliphatic rings. The molecule has 20 heavy (non-hydrogen) atoms. The summed E-state index contributed by atoms with van der Waals surface area (Å²) in [5.74, 6) is -0.353. The molecule has 1 aromatic rings. The topological polar surface area (TPSA) is 95.7 Å². The van der Waals surface area contributed by atoms with E-state index < -0.39 is 4.92 Å². The van der Waals surface area contributed by atoms with Crippen LogP contribution in [-0.2, 0) is 0 Å². The highest BCUT2D eigenvalue weighted by Crippen LogP contribution is 2.31. The second-order valence-electron chi connectivity index (χ2n) is 4.76. The minimum atomic E-state index is -0.479. The maximum Gasteiger partial charge on any atom is 0.293 e. The highest BCUT2D eigenvalue weighted by Gasteiger charge is 2.25. The van der Waals surface area contributed by atoms with Gasteiger partial charge in [-0.1, -0.05) is 0 Å². The number of amides is 1. The summed E-state index contributed by atoms with van der Waals surface area (Å²) >= 11 is 0. The quantitative estimate of drug-likeness (QED) is 0.633. The molecule has 0 aliphatic carbocycles. The Bertz CT molecular complexity index is 524. The fourth-order valence-electron chi connectivity index (χ4n) is 2.33. The molecule has 0 atom stereocenters. The molecule has 1 heterocycles. The van der Waals surface area contributed by atoms with Gasteiger partial charge in [-0.15, -0.1) is 0 Å². The SMILES string of the molecule is CNC(=O)c1ccc(N2CCC(O)CC2)c([N+](=O)[O-])c1. The van der Waals surface area contributed by atoms with Crippen molar-refractivity contribution in [1.82, 2.24) is 5.32 Å². The molecule has 1 amide bonds. The number of aliphatic hydroxyl groups is 1. The van der Waals surface area contributed by atoms with Crippen molar-refractivity contribution in [2.24, 2.45) is 0 Å². The fourth-order valence-corrected chi connectivity index (χ4v) is 2.33. The van der Waals surface area contributed by atoms with Crippen molar-refractivity contribution >= 4 is 17.3 Å². The lowest BCUT2D eigenvalue weighted by atomic mass is 10.1. The van der Waals surface area contributed by atoms with Gasteiger partial charge in [0.15, 0.2) is 0 Å². The average molecular weight is 279 g/mol. The van der Waals surface area contributed by atoms with Crippen LogP contribution in [0.3, 0.4) is 0 Å². The number of hydrogen-bond donors (Lipinski definition) is 2. The second kappa shape index (κ2) is 5.87. The number of aliphatic hydroxyl groups excluding tert-OH is 1. The van der Waals surface area contributed by atoms with Crippen molar-refractivity contribution < 1.29 is 14.8 Å². The first-order valence-corrected chi connectivity index (χ1v) is 6.46. The number of nitro groups is 1. The van der Waals surface area contributed by atoms with Crippen LogP contribution in [0.2, 0.25) is 0 Å². The molecule has 1 aromatic carbocycles. The Kier molecular flexibility index (Phi) is 4.19. The Morgan fingerprint density at radius 3 is 2.65 bits per heavy atom. The van der Waals surface area contributed by atoms with E-state index in [1.54, 1.807) is 12.1 Å². The predicted octanol–water partition coefficient (Wildman–Crippen LogP) is 0.915. The van der Waals surface area contributed by atoms with Crippen molar-refractivity contribution in [3.8, 4) is 0 Å². The Balaban J connectivity index is 2.33. The molecular weight excluding hydrogens is 262 g/mol. The molecule has 2 rings (SSSR count). The van der Waals surface area contributed by atoms with Gasteiger partial charge >= 0.3 is 0 Å². The number of benzene rings is 1. The molecule has 0 spiro atoms. The average Bonchev–Trinajstić information content (AvgIpc) is 2.46. The molecule has 0 radical (unpaired) electrons. The number of rotatable bonds is 3. The summed E-state index contributed by atoms with van der Waals surface area (Å²) in [6.07, 6.45) is 0.846. The van der Waals surface area contributed by atoms with E-state index >= 15 is 0 Å². The Morgan fingerprint density at radius 1 is 1.45 bits per heavy atom. The maximum absolute atomic E-state index is 11.5. The monoisotopic (exact) mass is 279 g/mol. The molecular formula is C13H17N3O4. The number of nitro benzene ring substituents is 1. The van der Waals surface area contributed by atoms with E-state index in [1.807, 2.05) is 4.90 Å². The van der Waals surface area contributed by atoms with Gasteiger partial charge < -0.3 is 15.3 Å². The summed E-state index contributed by atoms with van der Waals surface area (Å²) in [5, 5.41) is 23.1. The number of carbonyl (C=O) groups excluding carboxylic acids is 1. The predicted molar refractivity (Wildman–Crippen MR) is 73.9 cm³/mol. The number of nitrogens with zero attached hydrogens (tertiary/aromatic N) is 2. The van der Waals surface area contributed by atoms with Crippen molar-refractivity contribution in [1.29, 1.82) is 0 Å². The number of carbonyl (C=O) groups is 1. The van der Waals surface area contributed by atoms with Crippen LogP contribution in [0.5, 0.6) is 0 Å². The number of piperidine rings is 1. The summed E-state index contributed by atoms with van der Waals surface area (Å²) < 4.78 is 0. The van der Waals surface area contributed by atoms with Crippen LogP contribution in [-0.4, -0.2) is 42.2 Å². The van der Waals surface area contributed by atoms with E-state index in [-0.39, 0.29) is 23.3 Å². The third-order valence-electron chi connectivity index (χ3n) is 3.47. The molecule has 0 saturated carbocycles. The van der Waals surface area contributed by atoms with E-state index in [0.717, 1.165) is 0 Å². The van der Waals surface area contributed by atoms with Gasteiger partial charge in [-0.25, -0.2) is 0 Å². The minimum Gasteiger partial charge on any atom is -0.393 e. The first-order valence-electron chi connectivity index (χ1n) is 6.46. The first kappa shape index (κ1) is 14.3.